The van der Waals surface area contributed by atoms with Crippen LogP contribution in [-0.2, 0) is 16.1 Å². The van der Waals surface area contributed by atoms with Gasteiger partial charge in [0.15, 0.2) is 15.8 Å². The number of thiophene rings is 1. The number of hydrogen-bond donors (Lipinski definition) is 0. The monoisotopic (exact) mass is 692 g/mol. The van der Waals surface area contributed by atoms with Crippen LogP contribution in [0.1, 0.15) is 37.3 Å². The van der Waals surface area contributed by atoms with Crippen molar-refractivity contribution in [1.29, 1.82) is 0 Å². The molecule has 4 heterocycles. The van der Waals surface area contributed by atoms with Crippen LogP contribution in [0.2, 0.25) is 5.02 Å². The van der Waals surface area contributed by atoms with Crippen LogP contribution in [0.3, 0.4) is 0 Å². The third kappa shape index (κ3) is 5.96. The number of fused-ring (bicyclic) bond motifs is 1. The van der Waals surface area contributed by atoms with Gasteiger partial charge in [0.05, 0.1) is 27.3 Å². The lowest BCUT2D eigenvalue weighted by Gasteiger charge is -2.23. The van der Waals surface area contributed by atoms with Crippen molar-refractivity contribution in [2.75, 3.05) is 6.61 Å². The number of esters is 1. The Balaban J connectivity index is 1.48. The van der Waals surface area contributed by atoms with Crippen molar-refractivity contribution in [2.45, 2.75) is 43.4 Å². The highest BCUT2D eigenvalue weighted by Crippen LogP contribution is 2.35. The molecule has 234 valence electrons. The molecule has 1 atom stereocenters. The van der Waals surface area contributed by atoms with E-state index in [4.69, 9.17) is 16.3 Å². The topological polar surface area (TPSA) is 135 Å². The third-order valence-corrected chi connectivity index (χ3v) is 10.4. The zero-order chi connectivity index (χ0) is 32.5. The van der Waals surface area contributed by atoms with Crippen LogP contribution in [0.25, 0.3) is 17.5 Å². The van der Waals surface area contributed by atoms with Crippen molar-refractivity contribution in [3.8, 4) is 11.4 Å². The molecule has 0 amide bonds. The van der Waals surface area contributed by atoms with Crippen molar-refractivity contribution in [3.63, 3.8) is 0 Å². The quantitative estimate of drug-likeness (QED) is 0.107. The van der Waals surface area contributed by atoms with Crippen molar-refractivity contribution < 1.29 is 14.5 Å². The van der Waals surface area contributed by atoms with Gasteiger partial charge in [-0.05, 0) is 73.8 Å². The summed E-state index contributed by atoms with van der Waals surface area (Å²) in [6.07, 6.45) is 1.62. The molecule has 0 spiro atoms. The molecular weight excluding hydrogens is 668 g/mol. The number of allylic oxidation sites excluding steroid dienone is 1. The smallest absolute Gasteiger partial charge is 0.338 e. The Kier molecular flexibility index (Phi) is 9.04. The van der Waals surface area contributed by atoms with Crippen LogP contribution in [0.5, 0.6) is 0 Å². The maximum Gasteiger partial charge on any atom is 0.338 e. The molecule has 5 aromatic rings. The highest BCUT2D eigenvalue weighted by Gasteiger charge is 2.34. The van der Waals surface area contributed by atoms with Gasteiger partial charge in [0.1, 0.15) is 6.04 Å². The Hall–Kier alpha value is -4.37. The average molecular weight is 693 g/mol. The number of benzene rings is 2. The number of non-ortho nitro benzene ring substituents is 1. The molecule has 1 aliphatic rings. The van der Waals surface area contributed by atoms with Gasteiger partial charge in [0.25, 0.3) is 11.2 Å². The van der Waals surface area contributed by atoms with Crippen LogP contribution in [0.4, 0.5) is 5.69 Å². The molecule has 0 saturated carbocycles. The Morgan fingerprint density at radius 1 is 1.17 bits per heavy atom. The van der Waals surface area contributed by atoms with Gasteiger partial charge in [-0.1, -0.05) is 41.1 Å². The van der Waals surface area contributed by atoms with Crippen LogP contribution in [0.15, 0.2) is 91.1 Å². The number of aromatic nitrogens is 4. The summed E-state index contributed by atoms with van der Waals surface area (Å²) in [5.41, 5.74) is 1.51. The molecule has 0 aliphatic carbocycles. The minimum absolute atomic E-state index is 0.128. The molecule has 0 radical (unpaired) electrons. The van der Waals surface area contributed by atoms with Crippen LogP contribution < -0.4 is 14.9 Å². The predicted octanol–water partition coefficient (Wildman–Crippen LogP) is 5.85. The van der Waals surface area contributed by atoms with Crippen LogP contribution in [-0.4, -0.2) is 36.8 Å². The zero-order valence-electron chi connectivity index (χ0n) is 24.7. The molecule has 46 heavy (non-hydrogen) atoms. The number of halogens is 1. The SMILES string of the molecule is CCOC(=O)C1=C(C)N=c2s/c(=C/c3cc([N+](=O)[O-])ccc3Sc3nnc(-c4cccc(Cl)c4)n3CC)c(=O)n2[C@H]1c1cccs1. The van der Waals surface area contributed by atoms with Gasteiger partial charge in [-0.15, -0.1) is 21.5 Å². The number of ether oxygens (including phenoxy) is 1. The van der Waals surface area contributed by atoms with E-state index in [9.17, 15) is 19.7 Å². The van der Waals surface area contributed by atoms with E-state index in [2.05, 4.69) is 15.2 Å². The number of carbonyl (C=O) groups excluding carboxylic acids is 1. The van der Waals surface area contributed by atoms with Gasteiger partial charge >= 0.3 is 5.97 Å². The average Bonchev–Trinajstić information content (AvgIpc) is 3.77. The van der Waals surface area contributed by atoms with Crippen LogP contribution in [0, 0.1) is 10.1 Å². The molecule has 11 nitrogen and oxygen atoms in total. The van der Waals surface area contributed by atoms with Crippen LogP contribution >= 0.6 is 46.0 Å². The summed E-state index contributed by atoms with van der Waals surface area (Å²) < 4.78 is 9.07. The van der Waals surface area contributed by atoms with E-state index in [1.165, 1.54) is 39.8 Å². The van der Waals surface area contributed by atoms with Crippen molar-refractivity contribution >= 4 is 63.8 Å². The van der Waals surface area contributed by atoms with E-state index in [-0.39, 0.29) is 17.9 Å². The summed E-state index contributed by atoms with van der Waals surface area (Å²) >= 11 is 10.1. The Bertz CT molecular complexity index is 2200. The Morgan fingerprint density at radius 2 is 2.00 bits per heavy atom. The number of rotatable bonds is 9. The fraction of sp³-hybridized carbons (Fsp3) is 0.194. The van der Waals surface area contributed by atoms with Gasteiger partial charge < -0.3 is 9.30 Å². The first kappa shape index (κ1) is 31.6. The summed E-state index contributed by atoms with van der Waals surface area (Å²) in [6.45, 7) is 6.15. The second-order valence-corrected chi connectivity index (χ2v) is 13.4. The van der Waals surface area contributed by atoms with Gasteiger partial charge in [0, 0.05) is 39.0 Å². The zero-order valence-corrected chi connectivity index (χ0v) is 27.9. The minimum Gasteiger partial charge on any atom is -0.463 e. The normalized spacial score (nSPS) is 14.7. The van der Waals surface area contributed by atoms with E-state index in [1.54, 1.807) is 32.1 Å². The fourth-order valence-electron chi connectivity index (χ4n) is 5.09. The van der Waals surface area contributed by atoms with Gasteiger partial charge in [-0.25, -0.2) is 9.79 Å². The molecule has 2 aromatic carbocycles. The highest BCUT2D eigenvalue weighted by atomic mass is 35.5. The maximum atomic E-state index is 14.1. The first-order valence-electron chi connectivity index (χ1n) is 14.1. The first-order valence-corrected chi connectivity index (χ1v) is 17.0. The summed E-state index contributed by atoms with van der Waals surface area (Å²) in [5.74, 6) is 0.0941. The summed E-state index contributed by atoms with van der Waals surface area (Å²) in [5, 5.41) is 23.6. The molecule has 0 unspecified atom stereocenters. The Labute approximate surface area is 279 Å². The highest BCUT2D eigenvalue weighted by molar-refractivity contribution is 7.99. The molecule has 1 aliphatic heterocycles. The molecule has 0 fully saturated rings. The molecule has 6 rings (SSSR count). The van der Waals surface area contributed by atoms with E-state index in [0.29, 0.717) is 53.6 Å². The van der Waals surface area contributed by atoms with E-state index in [0.717, 1.165) is 21.8 Å². The second kappa shape index (κ2) is 13.2. The number of hydrogen-bond acceptors (Lipinski definition) is 11. The molecular formula is C31H25ClN6O5S3. The van der Waals surface area contributed by atoms with E-state index >= 15 is 0 Å². The van der Waals surface area contributed by atoms with Gasteiger partial charge in [0.2, 0.25) is 0 Å². The lowest BCUT2D eigenvalue weighted by Crippen LogP contribution is -2.39. The van der Waals surface area contributed by atoms with Crippen molar-refractivity contribution in [3.05, 3.63) is 117 Å². The fourth-order valence-corrected chi connectivity index (χ4v) is 8.12. The van der Waals surface area contributed by atoms with E-state index in [1.807, 2.05) is 47.2 Å². The Morgan fingerprint density at radius 3 is 2.70 bits per heavy atom. The predicted molar refractivity (Wildman–Crippen MR) is 178 cm³/mol. The number of nitro groups is 1. The molecule has 0 saturated heterocycles. The number of thiazole rings is 1. The van der Waals surface area contributed by atoms with Gasteiger partial charge in [-0.2, -0.15) is 0 Å². The minimum atomic E-state index is -0.718. The molecule has 0 N–H and O–H groups in total. The summed E-state index contributed by atoms with van der Waals surface area (Å²) in [4.78, 5) is 44.9. The molecule has 3 aromatic heterocycles. The van der Waals surface area contributed by atoms with Crippen molar-refractivity contribution in [2.24, 2.45) is 4.99 Å². The first-order chi connectivity index (χ1) is 22.2. The van der Waals surface area contributed by atoms with E-state index < -0.39 is 16.9 Å². The number of nitrogens with zero attached hydrogens (tertiary/aromatic N) is 6. The third-order valence-electron chi connectivity index (χ3n) is 7.14. The molecule has 0 bridgehead atoms. The van der Waals surface area contributed by atoms with Gasteiger partial charge in [-0.3, -0.25) is 19.5 Å². The maximum absolute atomic E-state index is 14.1. The second-order valence-electron chi connectivity index (χ2n) is 9.96. The lowest BCUT2D eigenvalue weighted by atomic mass is 10.0. The standard InChI is InChI=1S/C31H25ClN6O5S3/c1-4-36-27(18-8-6-9-20(32)14-18)34-35-31(36)45-22-12-11-21(38(41)42)15-19(22)16-24-28(39)37-26(23-10-7-13-44-23)25(29(40)43-5-2)17(3)33-30(37)46-24/h6-16,26H,4-5H2,1-3H3/b24-16+/t26-/m0/s1. The number of nitro benzene ring substituents is 1. The number of carbonyl (C=O) groups is 1. The van der Waals surface area contributed by atoms with Crippen molar-refractivity contribution in [1.82, 2.24) is 19.3 Å². The molecule has 15 heteroatoms. The summed E-state index contributed by atoms with van der Waals surface area (Å²) in [6, 6.07) is 14.8. The lowest BCUT2D eigenvalue weighted by molar-refractivity contribution is -0.384. The largest absolute Gasteiger partial charge is 0.463 e. The summed E-state index contributed by atoms with van der Waals surface area (Å²) in [7, 11) is 0.